The predicted octanol–water partition coefficient (Wildman–Crippen LogP) is 2.91. The van der Waals surface area contributed by atoms with Gasteiger partial charge in [0.1, 0.15) is 0 Å². The minimum Gasteiger partial charge on any atom is -0.334 e. The second-order valence-electron chi connectivity index (χ2n) is 4.85. The maximum absolute atomic E-state index is 12.6. The van der Waals surface area contributed by atoms with Crippen LogP contribution in [-0.4, -0.2) is 29.9 Å². The monoisotopic (exact) mass is 298 g/mol. The smallest absolute Gasteiger partial charge is 0.227 e. The molecule has 0 radical (unpaired) electrons. The molecule has 19 heavy (non-hydrogen) atoms. The Morgan fingerprint density at radius 3 is 3.00 bits per heavy atom. The zero-order valence-corrected chi connectivity index (χ0v) is 12.6. The third-order valence-electron chi connectivity index (χ3n) is 3.48. The van der Waals surface area contributed by atoms with Crippen molar-refractivity contribution in [3.05, 3.63) is 34.0 Å². The minimum atomic E-state index is 0.0791. The molecule has 0 bridgehead atoms. The molecule has 1 N–H and O–H groups in total. The van der Waals surface area contributed by atoms with Crippen LogP contribution in [0.15, 0.2) is 24.8 Å². The fourth-order valence-electron chi connectivity index (χ4n) is 2.44. The van der Waals surface area contributed by atoms with Gasteiger partial charge in [-0.25, -0.2) is 0 Å². The second kappa shape index (κ2) is 6.55. The highest BCUT2D eigenvalue weighted by Crippen LogP contribution is 2.25. The Morgan fingerprint density at radius 2 is 2.47 bits per heavy atom. The number of thiophene rings is 1. The Bertz CT molecular complexity index is 460. The Hall–Kier alpha value is -0.840. The number of nitrogens with one attached hydrogen (secondary N) is 1. The first-order valence-corrected chi connectivity index (χ1v) is 7.68. The molecule has 104 valence electrons. The summed E-state index contributed by atoms with van der Waals surface area (Å²) in [4.78, 5) is 15.5. The highest BCUT2D eigenvalue weighted by Gasteiger charge is 2.32. The van der Waals surface area contributed by atoms with Crippen LogP contribution in [0.1, 0.15) is 18.2 Å². The number of carbonyl (C=O) groups excluding carboxylic acids is 1. The van der Waals surface area contributed by atoms with E-state index in [1.165, 1.54) is 11.3 Å². The molecule has 1 amide bonds. The summed E-state index contributed by atoms with van der Waals surface area (Å²) in [5, 5.41) is 3.32. The summed E-state index contributed by atoms with van der Waals surface area (Å²) in [6.45, 7) is 7.93. The first-order valence-electron chi connectivity index (χ1n) is 6.49. The van der Waals surface area contributed by atoms with Gasteiger partial charge >= 0.3 is 0 Å². The number of hydrogen-bond donors (Lipinski definition) is 1. The molecule has 3 nitrogen and oxygen atoms in total. The molecule has 1 aliphatic rings. The normalized spacial score (nSPS) is 22.4. The third kappa shape index (κ3) is 3.59. The average molecular weight is 299 g/mol. The molecular weight excluding hydrogens is 280 g/mol. The van der Waals surface area contributed by atoms with Crippen molar-refractivity contribution >= 4 is 28.8 Å². The molecule has 1 aromatic heterocycles. The van der Waals surface area contributed by atoms with E-state index in [1.807, 2.05) is 17.0 Å². The van der Waals surface area contributed by atoms with Gasteiger partial charge in [-0.05, 0) is 32.0 Å². The number of carbonyl (C=O) groups is 1. The Balaban J connectivity index is 2.06. The molecule has 1 saturated heterocycles. The lowest BCUT2D eigenvalue weighted by atomic mass is 10.0. The van der Waals surface area contributed by atoms with Crippen molar-refractivity contribution in [2.24, 2.45) is 5.92 Å². The molecule has 0 saturated carbocycles. The molecule has 0 aliphatic carbocycles. The third-order valence-corrected chi connectivity index (χ3v) is 4.70. The van der Waals surface area contributed by atoms with Crippen molar-refractivity contribution in [1.29, 1.82) is 0 Å². The standard InChI is InChI=1S/C14H19ClN2OS/c1-3-8-17(9-11-4-5-13(15)19-11)14(18)12-6-7-16-10(12)2/h3-5,10,12,16H,1,6-9H2,2H3. The molecule has 1 aliphatic heterocycles. The van der Waals surface area contributed by atoms with Crippen LogP contribution in [0.3, 0.4) is 0 Å². The molecule has 0 aromatic carbocycles. The van der Waals surface area contributed by atoms with Crippen LogP contribution in [-0.2, 0) is 11.3 Å². The molecule has 2 atom stereocenters. The molecule has 5 heteroatoms. The van der Waals surface area contributed by atoms with Gasteiger partial charge in [-0.2, -0.15) is 0 Å². The van der Waals surface area contributed by atoms with Crippen molar-refractivity contribution in [3.8, 4) is 0 Å². The van der Waals surface area contributed by atoms with Gasteiger partial charge in [0, 0.05) is 17.5 Å². The fourth-order valence-corrected chi connectivity index (χ4v) is 3.55. The van der Waals surface area contributed by atoms with E-state index < -0.39 is 0 Å². The van der Waals surface area contributed by atoms with Crippen LogP contribution in [0.25, 0.3) is 0 Å². The van der Waals surface area contributed by atoms with E-state index >= 15 is 0 Å². The van der Waals surface area contributed by atoms with Gasteiger partial charge in [-0.1, -0.05) is 17.7 Å². The van der Waals surface area contributed by atoms with E-state index in [9.17, 15) is 4.79 Å². The number of halogens is 1. The molecule has 2 rings (SSSR count). The lowest BCUT2D eigenvalue weighted by molar-refractivity contribution is -0.135. The van der Waals surface area contributed by atoms with E-state index in [4.69, 9.17) is 11.6 Å². The van der Waals surface area contributed by atoms with Crippen molar-refractivity contribution in [1.82, 2.24) is 10.2 Å². The largest absolute Gasteiger partial charge is 0.334 e. The van der Waals surface area contributed by atoms with E-state index in [-0.39, 0.29) is 17.9 Å². The quantitative estimate of drug-likeness (QED) is 0.848. The lowest BCUT2D eigenvalue weighted by Crippen LogP contribution is -2.39. The topological polar surface area (TPSA) is 32.3 Å². The summed E-state index contributed by atoms with van der Waals surface area (Å²) >= 11 is 7.46. The minimum absolute atomic E-state index is 0.0791. The molecule has 2 unspecified atom stereocenters. The first kappa shape index (κ1) is 14.6. The molecule has 1 aromatic rings. The van der Waals surface area contributed by atoms with Crippen molar-refractivity contribution in [2.45, 2.75) is 25.9 Å². The number of rotatable bonds is 5. The van der Waals surface area contributed by atoms with E-state index in [1.54, 1.807) is 6.08 Å². The lowest BCUT2D eigenvalue weighted by Gasteiger charge is -2.25. The zero-order chi connectivity index (χ0) is 13.8. The van der Waals surface area contributed by atoms with Gasteiger partial charge < -0.3 is 10.2 Å². The van der Waals surface area contributed by atoms with Gasteiger partial charge in [0.2, 0.25) is 5.91 Å². The Kier molecular flexibility index (Phi) is 5.02. The molecule has 2 heterocycles. The van der Waals surface area contributed by atoms with Crippen LogP contribution < -0.4 is 5.32 Å². The Labute approximate surface area is 123 Å². The number of amides is 1. The van der Waals surface area contributed by atoms with Crippen molar-refractivity contribution in [2.75, 3.05) is 13.1 Å². The SMILES string of the molecule is C=CCN(Cc1ccc(Cl)s1)C(=O)C1CCNC1C. The predicted molar refractivity (Wildman–Crippen MR) is 80.5 cm³/mol. The molecular formula is C14H19ClN2OS. The van der Waals surface area contributed by atoms with Gasteiger partial charge in [-0.3, -0.25) is 4.79 Å². The molecule has 1 fully saturated rings. The summed E-state index contributed by atoms with van der Waals surface area (Å²) in [6.07, 6.45) is 2.69. The van der Waals surface area contributed by atoms with Crippen LogP contribution in [0.5, 0.6) is 0 Å². The highest BCUT2D eigenvalue weighted by atomic mass is 35.5. The van der Waals surface area contributed by atoms with Crippen molar-refractivity contribution < 1.29 is 4.79 Å². The first-order chi connectivity index (χ1) is 9.11. The van der Waals surface area contributed by atoms with Crippen LogP contribution in [0, 0.1) is 5.92 Å². The average Bonchev–Trinajstić information content (AvgIpc) is 2.97. The van der Waals surface area contributed by atoms with Gasteiger partial charge in [0.05, 0.1) is 16.8 Å². The van der Waals surface area contributed by atoms with Gasteiger partial charge in [0.15, 0.2) is 0 Å². The van der Waals surface area contributed by atoms with E-state index in [0.717, 1.165) is 22.2 Å². The maximum Gasteiger partial charge on any atom is 0.227 e. The second-order valence-corrected chi connectivity index (χ2v) is 6.65. The van der Waals surface area contributed by atoms with Crippen LogP contribution >= 0.6 is 22.9 Å². The van der Waals surface area contributed by atoms with Crippen molar-refractivity contribution in [3.63, 3.8) is 0 Å². The highest BCUT2D eigenvalue weighted by molar-refractivity contribution is 7.16. The summed E-state index contributed by atoms with van der Waals surface area (Å²) in [6, 6.07) is 4.11. The summed E-state index contributed by atoms with van der Waals surface area (Å²) in [7, 11) is 0. The number of nitrogens with zero attached hydrogens (tertiary/aromatic N) is 1. The molecule has 0 spiro atoms. The fraction of sp³-hybridized carbons (Fsp3) is 0.500. The van der Waals surface area contributed by atoms with E-state index in [2.05, 4.69) is 18.8 Å². The maximum atomic E-state index is 12.6. The Morgan fingerprint density at radius 1 is 1.68 bits per heavy atom. The van der Waals surface area contributed by atoms with Gasteiger partial charge in [-0.15, -0.1) is 17.9 Å². The summed E-state index contributed by atoms with van der Waals surface area (Å²) in [5.41, 5.74) is 0. The summed E-state index contributed by atoms with van der Waals surface area (Å²) in [5.74, 6) is 0.289. The summed E-state index contributed by atoms with van der Waals surface area (Å²) < 4.78 is 0.761. The zero-order valence-electron chi connectivity index (χ0n) is 11.1. The van der Waals surface area contributed by atoms with Gasteiger partial charge in [0.25, 0.3) is 0 Å². The van der Waals surface area contributed by atoms with Crippen LogP contribution in [0.2, 0.25) is 4.34 Å². The van der Waals surface area contributed by atoms with E-state index in [0.29, 0.717) is 13.1 Å². The number of hydrogen-bond acceptors (Lipinski definition) is 3. The van der Waals surface area contributed by atoms with Crippen LogP contribution in [0.4, 0.5) is 0 Å².